The van der Waals surface area contributed by atoms with E-state index in [1.54, 1.807) is 13.1 Å². The van der Waals surface area contributed by atoms with Crippen LogP contribution in [-0.4, -0.2) is 43.8 Å². The zero-order chi connectivity index (χ0) is 15.7. The van der Waals surface area contributed by atoms with Gasteiger partial charge in [0.2, 0.25) is 0 Å². The molecule has 1 aromatic carbocycles. The molecule has 2 atom stereocenters. The highest BCUT2D eigenvalue weighted by atomic mass is 32.2. The normalized spacial score (nSPS) is 27.6. The van der Waals surface area contributed by atoms with E-state index in [1.807, 2.05) is 30.3 Å². The minimum absolute atomic E-state index is 0.114. The van der Waals surface area contributed by atoms with Crippen LogP contribution in [-0.2, 0) is 14.6 Å². The number of anilines is 1. The molecule has 7 heteroatoms. The molecule has 0 bridgehead atoms. The predicted octanol–water partition coefficient (Wildman–Crippen LogP) is -0.636. The maximum Gasteiger partial charge on any atom is 0.266 e. The first-order chi connectivity index (χ1) is 10.5. The molecule has 0 aliphatic carbocycles. The van der Waals surface area contributed by atoms with Crippen LogP contribution in [0.2, 0.25) is 0 Å². The van der Waals surface area contributed by atoms with Crippen molar-refractivity contribution >= 4 is 33.4 Å². The number of hydrogen-bond acceptors (Lipinski definition) is 4. The number of hydrogen-bond donors (Lipinski definition) is 1. The van der Waals surface area contributed by atoms with Gasteiger partial charge in [-0.15, -0.1) is 0 Å². The zero-order valence-corrected chi connectivity index (χ0v) is 13.1. The summed E-state index contributed by atoms with van der Waals surface area (Å²) in [5.74, 6) is -0.246. The van der Waals surface area contributed by atoms with Crippen molar-refractivity contribution in [2.45, 2.75) is 19.4 Å². The van der Waals surface area contributed by atoms with Crippen molar-refractivity contribution in [3.8, 4) is 0 Å². The van der Waals surface area contributed by atoms with Crippen LogP contribution in [0.15, 0.2) is 35.4 Å². The van der Waals surface area contributed by atoms with Gasteiger partial charge in [-0.25, -0.2) is 13.4 Å². The number of para-hydroxylation sites is 1. The molecule has 0 aromatic heterocycles. The van der Waals surface area contributed by atoms with E-state index in [4.69, 9.17) is 0 Å². The van der Waals surface area contributed by atoms with E-state index in [2.05, 4.69) is 10.1 Å². The van der Waals surface area contributed by atoms with E-state index in [0.29, 0.717) is 12.1 Å². The first kappa shape index (κ1) is 14.9. The number of nitrogens with zero attached hydrogens (tertiary/aromatic N) is 2. The molecule has 2 heterocycles. The van der Waals surface area contributed by atoms with Gasteiger partial charge in [-0.3, -0.25) is 4.79 Å². The second kappa shape index (κ2) is 5.64. The zero-order valence-electron chi connectivity index (χ0n) is 12.3. The van der Waals surface area contributed by atoms with Crippen LogP contribution in [0.4, 0.5) is 5.69 Å². The first-order valence-corrected chi connectivity index (χ1v) is 9.02. The van der Waals surface area contributed by atoms with Gasteiger partial charge >= 0.3 is 0 Å². The summed E-state index contributed by atoms with van der Waals surface area (Å²) < 4.78 is 22.9. The molecular weight excluding hydrogens is 302 g/mol. The topological polar surface area (TPSA) is 80.8 Å². The third-order valence-corrected chi connectivity index (χ3v) is 5.68. The van der Waals surface area contributed by atoms with Crippen LogP contribution in [0.1, 0.15) is 13.3 Å². The number of benzene rings is 1. The fourth-order valence-electron chi connectivity index (χ4n) is 2.68. The average Bonchev–Trinajstić information content (AvgIpc) is 2.98. The predicted molar refractivity (Wildman–Crippen MR) is 84.6 cm³/mol. The fraction of sp³-hybridized carbons (Fsp3) is 0.400. The van der Waals surface area contributed by atoms with Crippen LogP contribution < -0.4 is 10.0 Å². The lowest BCUT2D eigenvalue weighted by molar-refractivity contribution is -0.492. The van der Waals surface area contributed by atoms with Crippen LogP contribution in [0, 0.1) is 5.92 Å². The number of carbonyl (C=O) groups excluding carboxylic acids is 1. The van der Waals surface area contributed by atoms with E-state index in [-0.39, 0.29) is 23.5 Å². The van der Waals surface area contributed by atoms with Gasteiger partial charge in [0, 0.05) is 6.42 Å². The Morgan fingerprint density at radius 1 is 1.32 bits per heavy atom. The summed E-state index contributed by atoms with van der Waals surface area (Å²) in [5.41, 5.74) is 1.42. The Kier molecular flexibility index (Phi) is 3.82. The highest BCUT2D eigenvalue weighted by Gasteiger charge is 2.37. The quantitative estimate of drug-likeness (QED) is 0.753. The van der Waals surface area contributed by atoms with Crippen molar-refractivity contribution in [3.05, 3.63) is 30.3 Å². The van der Waals surface area contributed by atoms with Crippen molar-refractivity contribution in [1.82, 2.24) is 0 Å². The molecular formula is C15H18N3O3S+. The maximum atomic E-state index is 12.5. The molecule has 1 saturated heterocycles. The molecule has 22 heavy (non-hydrogen) atoms. The minimum atomic E-state index is -2.93. The van der Waals surface area contributed by atoms with Crippen molar-refractivity contribution in [3.63, 3.8) is 0 Å². The summed E-state index contributed by atoms with van der Waals surface area (Å²) in [5, 5.41) is 5.70. The number of rotatable bonds is 3. The van der Waals surface area contributed by atoms with Gasteiger partial charge in [-0.2, -0.15) is 10.1 Å². The van der Waals surface area contributed by atoms with E-state index in [0.717, 1.165) is 5.69 Å². The van der Waals surface area contributed by atoms with Gasteiger partial charge in [-0.05, 0) is 19.1 Å². The lowest BCUT2D eigenvalue weighted by Crippen LogP contribution is -2.78. The van der Waals surface area contributed by atoms with Crippen LogP contribution in [0.5, 0.6) is 0 Å². The minimum Gasteiger partial charge on any atom is -0.271 e. The van der Waals surface area contributed by atoms with Crippen LogP contribution >= 0.6 is 0 Å². The van der Waals surface area contributed by atoms with Gasteiger partial charge in [-0.1, -0.05) is 18.2 Å². The van der Waals surface area contributed by atoms with Gasteiger partial charge in [0.1, 0.15) is 5.75 Å². The summed E-state index contributed by atoms with van der Waals surface area (Å²) in [6, 6.07) is 9.13. The summed E-state index contributed by atoms with van der Waals surface area (Å²) in [7, 11) is -2.93. The second-order valence-corrected chi connectivity index (χ2v) is 7.87. The molecule has 116 valence electrons. The van der Waals surface area contributed by atoms with E-state index in [1.165, 1.54) is 5.01 Å². The Balaban J connectivity index is 1.74. The molecule has 6 nitrogen and oxygen atoms in total. The smallest absolute Gasteiger partial charge is 0.266 e. The Hall–Kier alpha value is -2.02. The Bertz CT molecular complexity index is 741. The van der Waals surface area contributed by atoms with Crippen molar-refractivity contribution < 1.29 is 18.2 Å². The highest BCUT2D eigenvalue weighted by molar-refractivity contribution is 7.91. The standard InChI is InChI=1S/C15H17N3O3S/c1-11-14(9-16-12-7-8-22(20,21)10-12)15(19)18(17-11)13-5-3-2-4-6-13/h2-6,9,12,14H,7-8,10H2,1H3/p+1/t12-,14-/m1/s1. The number of hydrazone groups is 1. The Morgan fingerprint density at radius 3 is 2.68 bits per heavy atom. The summed E-state index contributed by atoms with van der Waals surface area (Å²) in [6.45, 7) is 1.80. The highest BCUT2D eigenvalue weighted by Crippen LogP contribution is 2.22. The second-order valence-electron chi connectivity index (χ2n) is 5.64. The molecule has 1 fully saturated rings. The van der Waals surface area contributed by atoms with Gasteiger partial charge in [0.15, 0.2) is 28.0 Å². The Labute approximate surface area is 129 Å². The molecule has 0 radical (unpaired) electrons. The summed E-state index contributed by atoms with van der Waals surface area (Å²) in [4.78, 5) is 15.5. The molecule has 1 N–H and O–H groups in total. The molecule has 1 amide bonds. The molecule has 0 spiro atoms. The maximum absolute atomic E-state index is 12.5. The van der Waals surface area contributed by atoms with E-state index >= 15 is 0 Å². The molecule has 2 aliphatic heterocycles. The number of sulfone groups is 1. The number of amides is 1. The van der Waals surface area contributed by atoms with Crippen LogP contribution in [0.3, 0.4) is 0 Å². The van der Waals surface area contributed by atoms with Gasteiger partial charge < -0.3 is 0 Å². The van der Waals surface area contributed by atoms with Gasteiger partial charge in [0.05, 0.1) is 17.2 Å². The largest absolute Gasteiger partial charge is 0.271 e. The SMILES string of the molecule is CC1=NN(c2ccccc2)C(=O)[C@@H]1C=[NH+][C@@H]1CCS(=O)(=O)C1. The fourth-order valence-corrected chi connectivity index (χ4v) is 4.37. The van der Waals surface area contributed by atoms with E-state index < -0.39 is 15.8 Å². The third-order valence-electron chi connectivity index (χ3n) is 3.91. The first-order valence-electron chi connectivity index (χ1n) is 7.20. The monoisotopic (exact) mass is 320 g/mol. The lowest BCUT2D eigenvalue weighted by Gasteiger charge is -2.11. The third kappa shape index (κ3) is 2.94. The molecule has 0 saturated carbocycles. The molecule has 0 unspecified atom stereocenters. The summed E-state index contributed by atoms with van der Waals surface area (Å²) >= 11 is 0. The van der Waals surface area contributed by atoms with Gasteiger partial charge in [0.25, 0.3) is 5.91 Å². The lowest BCUT2D eigenvalue weighted by atomic mass is 10.1. The Morgan fingerprint density at radius 2 is 2.05 bits per heavy atom. The molecule has 2 aliphatic rings. The average molecular weight is 320 g/mol. The number of nitrogens with one attached hydrogen (secondary N) is 1. The van der Waals surface area contributed by atoms with E-state index in [9.17, 15) is 13.2 Å². The molecule has 1 aromatic rings. The summed E-state index contributed by atoms with van der Waals surface area (Å²) in [6.07, 6.45) is 2.26. The molecule has 3 rings (SSSR count). The van der Waals surface area contributed by atoms with Crippen molar-refractivity contribution in [2.75, 3.05) is 16.5 Å². The van der Waals surface area contributed by atoms with Crippen LogP contribution in [0.25, 0.3) is 0 Å². The van der Waals surface area contributed by atoms with Crippen molar-refractivity contribution in [2.24, 2.45) is 11.0 Å². The number of carbonyl (C=O) groups is 1. The van der Waals surface area contributed by atoms with Crippen molar-refractivity contribution in [1.29, 1.82) is 0 Å².